The van der Waals surface area contributed by atoms with Crippen LogP contribution in [-0.4, -0.2) is 50.0 Å². The van der Waals surface area contributed by atoms with E-state index in [0.717, 1.165) is 25.2 Å². The molecule has 0 bridgehead atoms. The molecule has 0 aliphatic heterocycles. The zero-order valence-electron chi connectivity index (χ0n) is 10.9. The van der Waals surface area contributed by atoms with E-state index < -0.39 is 0 Å². The third-order valence-electron chi connectivity index (χ3n) is 2.49. The third-order valence-corrected chi connectivity index (χ3v) is 2.49. The van der Waals surface area contributed by atoms with Crippen molar-refractivity contribution in [3.05, 3.63) is 30.3 Å². The van der Waals surface area contributed by atoms with Crippen molar-refractivity contribution in [1.82, 2.24) is 9.80 Å². The fourth-order valence-corrected chi connectivity index (χ4v) is 1.46. The third kappa shape index (κ3) is 5.36. The van der Waals surface area contributed by atoms with Crippen LogP contribution >= 0.6 is 0 Å². The van der Waals surface area contributed by atoms with Crippen LogP contribution in [-0.2, 0) is 0 Å². The van der Waals surface area contributed by atoms with E-state index >= 15 is 0 Å². The topological polar surface area (TPSA) is 44.9 Å². The zero-order valence-corrected chi connectivity index (χ0v) is 10.9. The summed E-state index contributed by atoms with van der Waals surface area (Å²) < 4.78 is 0. The van der Waals surface area contributed by atoms with Gasteiger partial charge in [0.25, 0.3) is 0 Å². The molecule has 0 aliphatic carbocycles. The SMILES string of the molecule is CN(C)CCCN(C)C(N)=Nc1ccccc1. The van der Waals surface area contributed by atoms with Gasteiger partial charge in [-0.15, -0.1) is 0 Å². The lowest BCUT2D eigenvalue weighted by Gasteiger charge is -2.19. The van der Waals surface area contributed by atoms with Crippen molar-refractivity contribution >= 4 is 11.6 Å². The minimum absolute atomic E-state index is 0.565. The molecule has 0 amide bonds. The second-order valence-electron chi connectivity index (χ2n) is 4.38. The summed E-state index contributed by atoms with van der Waals surface area (Å²) in [4.78, 5) is 8.51. The number of hydrogen-bond acceptors (Lipinski definition) is 2. The molecule has 0 heterocycles. The van der Waals surface area contributed by atoms with Crippen molar-refractivity contribution < 1.29 is 0 Å². The highest BCUT2D eigenvalue weighted by Gasteiger charge is 2.01. The number of nitrogens with two attached hydrogens (primary N) is 1. The Morgan fingerprint density at radius 1 is 1.12 bits per heavy atom. The molecular weight excluding hydrogens is 212 g/mol. The van der Waals surface area contributed by atoms with E-state index in [0.29, 0.717) is 5.96 Å². The lowest BCUT2D eigenvalue weighted by Crippen LogP contribution is -2.35. The van der Waals surface area contributed by atoms with Gasteiger partial charge in [0.05, 0.1) is 5.69 Å². The Kier molecular flexibility index (Phi) is 5.49. The Morgan fingerprint density at radius 3 is 2.35 bits per heavy atom. The first kappa shape index (κ1) is 13.5. The van der Waals surface area contributed by atoms with Crippen LogP contribution < -0.4 is 5.73 Å². The van der Waals surface area contributed by atoms with Crippen molar-refractivity contribution in [2.45, 2.75) is 6.42 Å². The van der Waals surface area contributed by atoms with Crippen LogP contribution in [0.4, 0.5) is 5.69 Å². The van der Waals surface area contributed by atoms with Gasteiger partial charge >= 0.3 is 0 Å². The van der Waals surface area contributed by atoms with Gasteiger partial charge < -0.3 is 15.5 Å². The number of benzene rings is 1. The van der Waals surface area contributed by atoms with Gasteiger partial charge in [-0.25, -0.2) is 4.99 Å². The van der Waals surface area contributed by atoms with E-state index in [1.807, 2.05) is 42.3 Å². The average Bonchev–Trinajstić information content (AvgIpc) is 2.29. The molecule has 0 radical (unpaired) electrons. The van der Waals surface area contributed by atoms with Gasteiger partial charge in [0, 0.05) is 13.6 Å². The largest absolute Gasteiger partial charge is 0.369 e. The van der Waals surface area contributed by atoms with Crippen LogP contribution in [0.5, 0.6) is 0 Å². The van der Waals surface area contributed by atoms with Gasteiger partial charge in [-0.3, -0.25) is 0 Å². The molecule has 94 valence electrons. The highest BCUT2D eigenvalue weighted by atomic mass is 15.2. The maximum atomic E-state index is 5.93. The normalized spacial score (nSPS) is 11.9. The number of aliphatic imine (C=N–C) groups is 1. The Balaban J connectivity index is 2.46. The zero-order chi connectivity index (χ0) is 12.7. The van der Waals surface area contributed by atoms with E-state index in [4.69, 9.17) is 5.73 Å². The van der Waals surface area contributed by atoms with Crippen molar-refractivity contribution in [2.75, 3.05) is 34.2 Å². The van der Waals surface area contributed by atoms with E-state index in [1.165, 1.54) is 0 Å². The maximum absolute atomic E-state index is 5.93. The first-order valence-corrected chi connectivity index (χ1v) is 5.84. The van der Waals surface area contributed by atoms with Crippen molar-refractivity contribution in [3.8, 4) is 0 Å². The Morgan fingerprint density at radius 2 is 1.76 bits per heavy atom. The molecule has 0 spiro atoms. The van der Waals surface area contributed by atoms with Gasteiger partial charge in [0.15, 0.2) is 5.96 Å². The summed E-state index contributed by atoms with van der Waals surface area (Å²) in [5, 5.41) is 0. The summed E-state index contributed by atoms with van der Waals surface area (Å²) in [5.41, 5.74) is 6.82. The molecule has 17 heavy (non-hydrogen) atoms. The first-order valence-electron chi connectivity index (χ1n) is 5.84. The van der Waals surface area contributed by atoms with Crippen molar-refractivity contribution in [3.63, 3.8) is 0 Å². The highest BCUT2D eigenvalue weighted by Crippen LogP contribution is 2.09. The molecule has 0 aliphatic rings. The second-order valence-corrected chi connectivity index (χ2v) is 4.38. The fraction of sp³-hybridized carbons (Fsp3) is 0.462. The Labute approximate surface area is 104 Å². The van der Waals surface area contributed by atoms with Crippen LogP contribution in [0.25, 0.3) is 0 Å². The predicted octanol–water partition coefficient (Wildman–Crippen LogP) is 1.52. The van der Waals surface area contributed by atoms with Gasteiger partial charge in [0.1, 0.15) is 0 Å². The van der Waals surface area contributed by atoms with Crippen LogP contribution in [0.1, 0.15) is 6.42 Å². The lowest BCUT2D eigenvalue weighted by atomic mass is 10.3. The molecule has 0 atom stereocenters. The number of hydrogen-bond donors (Lipinski definition) is 1. The van der Waals surface area contributed by atoms with Crippen LogP contribution in [0.15, 0.2) is 35.3 Å². The molecule has 0 saturated heterocycles. The van der Waals surface area contributed by atoms with Gasteiger partial charge in [-0.2, -0.15) is 0 Å². The summed E-state index contributed by atoms with van der Waals surface area (Å²) in [5.74, 6) is 0.565. The van der Waals surface area contributed by atoms with Crippen molar-refractivity contribution in [2.24, 2.45) is 10.7 Å². The fourth-order valence-electron chi connectivity index (χ4n) is 1.46. The molecule has 0 fully saturated rings. The molecule has 4 nitrogen and oxygen atoms in total. The number of guanidine groups is 1. The minimum Gasteiger partial charge on any atom is -0.369 e. The van der Waals surface area contributed by atoms with Crippen LogP contribution in [0.2, 0.25) is 0 Å². The maximum Gasteiger partial charge on any atom is 0.196 e. The average molecular weight is 234 g/mol. The number of nitrogens with zero attached hydrogens (tertiary/aromatic N) is 3. The van der Waals surface area contributed by atoms with E-state index in [1.54, 1.807) is 0 Å². The molecule has 0 saturated carbocycles. The number of rotatable bonds is 5. The van der Waals surface area contributed by atoms with Gasteiger partial charge in [-0.1, -0.05) is 18.2 Å². The van der Waals surface area contributed by atoms with E-state index in [-0.39, 0.29) is 0 Å². The molecule has 1 aromatic carbocycles. The monoisotopic (exact) mass is 234 g/mol. The molecule has 1 aromatic rings. The molecular formula is C13H22N4. The summed E-state index contributed by atoms with van der Waals surface area (Å²) in [6, 6.07) is 9.77. The molecule has 0 aromatic heterocycles. The molecule has 0 unspecified atom stereocenters. The summed E-state index contributed by atoms with van der Waals surface area (Å²) in [6.07, 6.45) is 1.08. The van der Waals surface area contributed by atoms with E-state index in [2.05, 4.69) is 24.0 Å². The summed E-state index contributed by atoms with van der Waals surface area (Å²) in [7, 11) is 6.11. The van der Waals surface area contributed by atoms with Crippen molar-refractivity contribution in [1.29, 1.82) is 0 Å². The summed E-state index contributed by atoms with van der Waals surface area (Å²) >= 11 is 0. The highest BCUT2D eigenvalue weighted by molar-refractivity contribution is 5.80. The summed E-state index contributed by atoms with van der Waals surface area (Å²) in [6.45, 7) is 1.98. The molecule has 4 heteroatoms. The molecule has 2 N–H and O–H groups in total. The number of para-hydroxylation sites is 1. The Hall–Kier alpha value is -1.55. The van der Waals surface area contributed by atoms with Gasteiger partial charge in [0.2, 0.25) is 0 Å². The van der Waals surface area contributed by atoms with Crippen LogP contribution in [0.3, 0.4) is 0 Å². The predicted molar refractivity (Wildman–Crippen MR) is 73.5 cm³/mol. The van der Waals surface area contributed by atoms with Crippen LogP contribution in [0, 0.1) is 0 Å². The standard InChI is InChI=1S/C13H22N4/c1-16(2)10-7-11-17(3)13(14)15-12-8-5-4-6-9-12/h4-6,8-9H,7,10-11H2,1-3H3,(H2,14,15). The molecule has 1 rings (SSSR count). The smallest absolute Gasteiger partial charge is 0.196 e. The quantitative estimate of drug-likeness (QED) is 0.620. The minimum atomic E-state index is 0.565. The lowest BCUT2D eigenvalue weighted by molar-refractivity contribution is 0.369. The van der Waals surface area contributed by atoms with E-state index in [9.17, 15) is 0 Å². The second kappa shape index (κ2) is 6.91. The Bertz CT molecular complexity index is 346. The van der Waals surface area contributed by atoms with Gasteiger partial charge in [-0.05, 0) is 39.2 Å². The first-order chi connectivity index (χ1) is 8.09.